The first-order chi connectivity index (χ1) is 19.8. The third-order valence-corrected chi connectivity index (χ3v) is 7.31. The lowest BCUT2D eigenvalue weighted by Gasteiger charge is -2.11. The second-order valence-corrected chi connectivity index (χ2v) is 9.62. The molecular weight excluding hydrogens is 494 g/mol. The fourth-order valence-electron chi connectivity index (χ4n) is 5.51. The Balaban J connectivity index is 1.43. The zero-order valence-electron chi connectivity index (χ0n) is 21.1. The molecule has 40 heavy (non-hydrogen) atoms. The Bertz CT molecular complexity index is 2240. The minimum atomic E-state index is 0.538. The van der Waals surface area contributed by atoms with Crippen LogP contribution in [-0.2, 0) is 0 Å². The number of para-hydroxylation sites is 2. The Morgan fingerprint density at radius 1 is 0.575 bits per heavy atom. The summed E-state index contributed by atoms with van der Waals surface area (Å²) >= 11 is 0. The van der Waals surface area contributed by atoms with E-state index in [1.165, 1.54) is 0 Å². The molecule has 0 aliphatic carbocycles. The molecule has 5 aromatic carbocycles. The molecule has 186 valence electrons. The summed E-state index contributed by atoms with van der Waals surface area (Å²) in [6, 6.07) is 40.2. The summed E-state index contributed by atoms with van der Waals surface area (Å²) in [7, 11) is 0. The number of hydrogen-bond donors (Lipinski definition) is 0. The predicted molar refractivity (Wildman–Crippen MR) is 157 cm³/mol. The molecule has 0 atom stereocenters. The first-order valence-corrected chi connectivity index (χ1v) is 12.9. The first kappa shape index (κ1) is 22.2. The largest absolute Gasteiger partial charge is 0.456 e. The van der Waals surface area contributed by atoms with Crippen molar-refractivity contribution in [3.8, 4) is 34.8 Å². The maximum absolute atomic E-state index is 9.75. The van der Waals surface area contributed by atoms with Crippen molar-refractivity contribution >= 4 is 43.7 Å². The van der Waals surface area contributed by atoms with Crippen molar-refractivity contribution in [3.05, 3.63) is 121 Å². The van der Waals surface area contributed by atoms with Gasteiger partial charge >= 0.3 is 0 Å². The molecule has 8 aromatic rings. The van der Waals surface area contributed by atoms with E-state index >= 15 is 0 Å². The van der Waals surface area contributed by atoms with Crippen LogP contribution in [0.3, 0.4) is 0 Å². The average molecular weight is 514 g/mol. The van der Waals surface area contributed by atoms with Crippen LogP contribution in [0.25, 0.3) is 72.5 Å². The molecule has 0 aliphatic rings. The number of rotatable bonds is 3. The summed E-state index contributed by atoms with van der Waals surface area (Å²) in [4.78, 5) is 14.9. The van der Waals surface area contributed by atoms with Gasteiger partial charge in [-0.25, -0.2) is 4.98 Å². The molecule has 3 aromatic heterocycles. The van der Waals surface area contributed by atoms with Crippen molar-refractivity contribution in [1.82, 2.24) is 19.5 Å². The van der Waals surface area contributed by atoms with Gasteiger partial charge in [-0.05, 0) is 42.5 Å². The second kappa shape index (κ2) is 8.62. The third kappa shape index (κ3) is 3.32. The van der Waals surface area contributed by atoms with Gasteiger partial charge in [0.1, 0.15) is 11.2 Å². The minimum absolute atomic E-state index is 0.538. The number of fused-ring (bicyclic) bond motifs is 6. The van der Waals surface area contributed by atoms with Crippen LogP contribution in [0, 0.1) is 11.3 Å². The van der Waals surface area contributed by atoms with E-state index in [9.17, 15) is 5.26 Å². The van der Waals surface area contributed by atoms with Crippen LogP contribution < -0.4 is 0 Å². The molecule has 6 heteroatoms. The second-order valence-electron chi connectivity index (χ2n) is 9.62. The summed E-state index contributed by atoms with van der Waals surface area (Å²) in [5.41, 5.74) is 5.71. The molecule has 6 nitrogen and oxygen atoms in total. The molecule has 0 saturated carbocycles. The molecule has 0 unspecified atom stereocenters. The Kier molecular flexibility index (Phi) is 4.78. The SMILES string of the molecule is N#Cc1cccc2oc3ccc(-c4nc(-c5ccccc5)nc(-n5c6ccccc6c6ccccc65)n4)cc3c12. The van der Waals surface area contributed by atoms with E-state index < -0.39 is 0 Å². The molecule has 0 radical (unpaired) electrons. The van der Waals surface area contributed by atoms with E-state index in [1.54, 1.807) is 6.07 Å². The molecule has 0 fully saturated rings. The van der Waals surface area contributed by atoms with Gasteiger partial charge in [-0.1, -0.05) is 72.8 Å². The van der Waals surface area contributed by atoms with Gasteiger partial charge in [0.2, 0.25) is 5.95 Å². The molecule has 0 saturated heterocycles. The van der Waals surface area contributed by atoms with E-state index in [2.05, 4.69) is 34.9 Å². The van der Waals surface area contributed by atoms with Crippen LogP contribution in [0.1, 0.15) is 5.56 Å². The van der Waals surface area contributed by atoms with Crippen LogP contribution in [0.4, 0.5) is 0 Å². The summed E-state index contributed by atoms with van der Waals surface area (Å²) in [5, 5.41) is 13.7. The van der Waals surface area contributed by atoms with Crippen LogP contribution in [0.5, 0.6) is 0 Å². The van der Waals surface area contributed by atoms with Gasteiger partial charge in [0, 0.05) is 32.7 Å². The maximum atomic E-state index is 9.75. The van der Waals surface area contributed by atoms with Crippen LogP contribution in [0.15, 0.2) is 120 Å². The lowest BCUT2D eigenvalue weighted by atomic mass is 10.0. The highest BCUT2D eigenvalue weighted by atomic mass is 16.3. The minimum Gasteiger partial charge on any atom is -0.456 e. The highest BCUT2D eigenvalue weighted by Crippen LogP contribution is 2.35. The Morgan fingerprint density at radius 3 is 1.98 bits per heavy atom. The third-order valence-electron chi connectivity index (χ3n) is 7.31. The molecule has 0 N–H and O–H groups in total. The van der Waals surface area contributed by atoms with Crippen molar-refractivity contribution in [2.75, 3.05) is 0 Å². The number of benzene rings is 5. The van der Waals surface area contributed by atoms with E-state index in [0.717, 1.165) is 43.7 Å². The summed E-state index contributed by atoms with van der Waals surface area (Å²) in [5.74, 6) is 1.66. The standard InChI is InChI=1S/C34H19N5O/c35-20-23-11-8-16-30-31(23)26-19-22(17-18-29(26)40-30)33-36-32(21-9-2-1-3-10-21)37-34(38-33)39-27-14-6-4-12-24(27)25-13-5-7-15-28(25)39/h1-19H. The normalized spacial score (nSPS) is 11.5. The van der Waals surface area contributed by atoms with Gasteiger partial charge in [-0.2, -0.15) is 15.2 Å². The average Bonchev–Trinajstić information content (AvgIpc) is 3.57. The van der Waals surface area contributed by atoms with Crippen molar-refractivity contribution in [2.24, 2.45) is 0 Å². The molecule has 0 amide bonds. The summed E-state index contributed by atoms with van der Waals surface area (Å²) < 4.78 is 8.15. The van der Waals surface area contributed by atoms with Gasteiger partial charge in [-0.15, -0.1) is 0 Å². The quantitative estimate of drug-likeness (QED) is 0.239. The van der Waals surface area contributed by atoms with E-state index in [4.69, 9.17) is 19.4 Å². The van der Waals surface area contributed by atoms with Crippen LogP contribution in [-0.4, -0.2) is 19.5 Å². The molecule has 0 bridgehead atoms. The number of hydrogen-bond acceptors (Lipinski definition) is 5. The van der Waals surface area contributed by atoms with Crippen molar-refractivity contribution in [1.29, 1.82) is 5.26 Å². The maximum Gasteiger partial charge on any atom is 0.238 e. The highest BCUT2D eigenvalue weighted by Gasteiger charge is 2.18. The zero-order valence-corrected chi connectivity index (χ0v) is 21.1. The van der Waals surface area contributed by atoms with Gasteiger partial charge in [0.15, 0.2) is 11.6 Å². The van der Waals surface area contributed by atoms with Crippen molar-refractivity contribution in [3.63, 3.8) is 0 Å². The molecule has 3 heterocycles. The van der Waals surface area contributed by atoms with Crippen molar-refractivity contribution in [2.45, 2.75) is 0 Å². The molecular formula is C34H19N5O. The summed E-state index contributed by atoms with van der Waals surface area (Å²) in [6.07, 6.45) is 0. The van der Waals surface area contributed by atoms with Gasteiger partial charge in [0.25, 0.3) is 0 Å². The zero-order chi connectivity index (χ0) is 26.6. The smallest absolute Gasteiger partial charge is 0.238 e. The fourth-order valence-corrected chi connectivity index (χ4v) is 5.51. The van der Waals surface area contributed by atoms with Crippen LogP contribution in [0.2, 0.25) is 0 Å². The van der Waals surface area contributed by atoms with E-state index in [1.807, 2.05) is 84.9 Å². The van der Waals surface area contributed by atoms with Crippen LogP contribution >= 0.6 is 0 Å². The monoisotopic (exact) mass is 513 g/mol. The Labute approximate surface area is 228 Å². The number of nitriles is 1. The molecule has 0 spiro atoms. The lowest BCUT2D eigenvalue weighted by molar-refractivity contribution is 0.669. The lowest BCUT2D eigenvalue weighted by Crippen LogP contribution is -2.06. The number of furan rings is 1. The van der Waals surface area contributed by atoms with Crippen molar-refractivity contribution < 1.29 is 4.42 Å². The Morgan fingerprint density at radius 2 is 1.25 bits per heavy atom. The van der Waals surface area contributed by atoms with Gasteiger partial charge in [0.05, 0.1) is 22.7 Å². The van der Waals surface area contributed by atoms with Gasteiger partial charge in [-0.3, -0.25) is 4.57 Å². The molecule has 0 aliphatic heterocycles. The fraction of sp³-hybridized carbons (Fsp3) is 0. The van der Waals surface area contributed by atoms with E-state index in [-0.39, 0.29) is 0 Å². The summed E-state index contributed by atoms with van der Waals surface area (Å²) in [6.45, 7) is 0. The predicted octanol–water partition coefficient (Wildman–Crippen LogP) is 8.07. The highest BCUT2D eigenvalue weighted by molar-refractivity contribution is 6.10. The number of aromatic nitrogens is 4. The van der Waals surface area contributed by atoms with Gasteiger partial charge < -0.3 is 4.42 Å². The van der Waals surface area contributed by atoms with E-state index in [0.29, 0.717) is 34.3 Å². The number of nitrogens with zero attached hydrogens (tertiary/aromatic N) is 5. The topological polar surface area (TPSA) is 80.5 Å². The Hall–Kier alpha value is -5.80. The first-order valence-electron chi connectivity index (χ1n) is 12.9. The molecule has 8 rings (SSSR count).